The number of rotatable bonds is 4. The molecular formula is C18H19ClN4OS. The molecule has 0 aromatic carbocycles. The highest BCUT2D eigenvalue weighted by atomic mass is 35.5. The molecule has 0 saturated heterocycles. The number of hydrogen-bond acceptors (Lipinski definition) is 4. The Hall–Kier alpha value is -1.92. The van der Waals surface area contributed by atoms with Gasteiger partial charge >= 0.3 is 0 Å². The van der Waals surface area contributed by atoms with Gasteiger partial charge in [-0.05, 0) is 30.4 Å². The maximum Gasteiger partial charge on any atom is 0.266 e. The van der Waals surface area contributed by atoms with Crippen LogP contribution in [0.1, 0.15) is 48.8 Å². The van der Waals surface area contributed by atoms with E-state index in [4.69, 9.17) is 21.7 Å². The minimum absolute atomic E-state index is 0.176. The Balaban J connectivity index is 1.75. The standard InChI is InChI=1S/C18H19ClN4OS/c19-15-9-12(11-20-18(15)24)17-21-16(10-14-7-4-8-25-14)22-23(17)13-5-2-1-3-6-13/h4,7-9,11,13H,1-3,5-6,10H2,(H,20,24). The second-order valence-corrected chi connectivity index (χ2v) is 7.85. The number of aromatic nitrogens is 4. The van der Waals surface area contributed by atoms with Gasteiger partial charge in [0.05, 0.1) is 6.04 Å². The number of halogens is 1. The fraction of sp³-hybridized carbons (Fsp3) is 0.389. The Labute approximate surface area is 154 Å². The average Bonchev–Trinajstić information content (AvgIpc) is 3.28. The van der Waals surface area contributed by atoms with Crippen molar-refractivity contribution in [2.75, 3.05) is 0 Å². The summed E-state index contributed by atoms with van der Waals surface area (Å²) in [7, 11) is 0. The predicted molar refractivity (Wildman–Crippen MR) is 100 cm³/mol. The third-order valence-electron chi connectivity index (χ3n) is 4.62. The van der Waals surface area contributed by atoms with Crippen molar-refractivity contribution >= 4 is 22.9 Å². The number of thiophene rings is 1. The van der Waals surface area contributed by atoms with Crippen LogP contribution in [0.25, 0.3) is 11.4 Å². The average molecular weight is 375 g/mol. The lowest BCUT2D eigenvalue weighted by Gasteiger charge is -2.23. The summed E-state index contributed by atoms with van der Waals surface area (Å²) in [6.07, 6.45) is 8.35. The molecule has 4 rings (SSSR count). The monoisotopic (exact) mass is 374 g/mol. The number of nitrogens with one attached hydrogen (secondary N) is 1. The Morgan fingerprint density at radius 3 is 2.88 bits per heavy atom. The largest absolute Gasteiger partial charge is 0.327 e. The van der Waals surface area contributed by atoms with Crippen LogP contribution in [0.5, 0.6) is 0 Å². The van der Waals surface area contributed by atoms with Crippen LogP contribution in [0, 0.1) is 0 Å². The summed E-state index contributed by atoms with van der Waals surface area (Å²) in [5.41, 5.74) is 0.521. The number of aromatic amines is 1. The SMILES string of the molecule is O=c1[nH]cc(-c2nc(Cc3cccs3)nn2C2CCCCC2)cc1Cl. The summed E-state index contributed by atoms with van der Waals surface area (Å²) in [5.74, 6) is 1.60. The molecule has 3 heterocycles. The molecule has 3 aromatic rings. The minimum atomic E-state index is -0.284. The second kappa shape index (κ2) is 7.14. The summed E-state index contributed by atoms with van der Waals surface area (Å²) in [6.45, 7) is 0. The molecule has 0 spiro atoms. The molecule has 1 fully saturated rings. The molecule has 7 heteroatoms. The lowest BCUT2D eigenvalue weighted by molar-refractivity contribution is 0.331. The van der Waals surface area contributed by atoms with E-state index in [1.807, 2.05) is 10.7 Å². The molecule has 1 aliphatic rings. The zero-order valence-electron chi connectivity index (χ0n) is 13.7. The predicted octanol–water partition coefficient (Wildman–Crippen LogP) is 4.44. The van der Waals surface area contributed by atoms with Crippen LogP contribution in [-0.4, -0.2) is 19.7 Å². The fourth-order valence-electron chi connectivity index (χ4n) is 3.37. The topological polar surface area (TPSA) is 63.6 Å². The van der Waals surface area contributed by atoms with Gasteiger partial charge in [-0.2, -0.15) is 5.10 Å². The van der Waals surface area contributed by atoms with E-state index in [9.17, 15) is 4.79 Å². The highest BCUT2D eigenvalue weighted by Gasteiger charge is 2.22. The highest BCUT2D eigenvalue weighted by molar-refractivity contribution is 7.09. The molecule has 0 unspecified atom stereocenters. The lowest BCUT2D eigenvalue weighted by Crippen LogP contribution is -2.16. The molecule has 130 valence electrons. The molecule has 0 bridgehead atoms. The normalized spacial score (nSPS) is 15.6. The molecule has 0 aliphatic heterocycles. The van der Waals surface area contributed by atoms with Crippen molar-refractivity contribution in [1.82, 2.24) is 19.7 Å². The van der Waals surface area contributed by atoms with E-state index < -0.39 is 0 Å². The molecule has 0 atom stereocenters. The van der Waals surface area contributed by atoms with Gasteiger partial charge in [0.25, 0.3) is 5.56 Å². The van der Waals surface area contributed by atoms with Gasteiger partial charge in [-0.25, -0.2) is 9.67 Å². The van der Waals surface area contributed by atoms with Crippen LogP contribution in [-0.2, 0) is 6.42 Å². The Kier molecular flexibility index (Phi) is 4.72. The van der Waals surface area contributed by atoms with Crippen molar-refractivity contribution in [3.63, 3.8) is 0 Å². The zero-order valence-corrected chi connectivity index (χ0v) is 15.3. The number of hydrogen-bond donors (Lipinski definition) is 1. The molecule has 1 aliphatic carbocycles. The summed E-state index contributed by atoms with van der Waals surface area (Å²) >= 11 is 7.74. The highest BCUT2D eigenvalue weighted by Crippen LogP contribution is 2.31. The van der Waals surface area contributed by atoms with E-state index in [0.717, 1.165) is 36.5 Å². The third kappa shape index (κ3) is 3.55. The maximum absolute atomic E-state index is 11.6. The van der Waals surface area contributed by atoms with Crippen LogP contribution in [0.4, 0.5) is 0 Å². The minimum Gasteiger partial charge on any atom is -0.327 e. The van der Waals surface area contributed by atoms with Gasteiger partial charge in [0.15, 0.2) is 11.6 Å². The van der Waals surface area contributed by atoms with Gasteiger partial charge in [0.1, 0.15) is 5.02 Å². The third-order valence-corrected chi connectivity index (χ3v) is 5.78. The first-order valence-corrected chi connectivity index (χ1v) is 9.83. The van der Waals surface area contributed by atoms with E-state index in [2.05, 4.69) is 16.4 Å². The molecule has 1 N–H and O–H groups in total. The Bertz CT molecular complexity index is 910. The van der Waals surface area contributed by atoms with E-state index in [1.54, 1.807) is 23.6 Å². The van der Waals surface area contributed by atoms with Crippen LogP contribution in [0.15, 0.2) is 34.6 Å². The van der Waals surface area contributed by atoms with Gasteiger partial charge < -0.3 is 4.98 Å². The zero-order chi connectivity index (χ0) is 17.2. The van der Waals surface area contributed by atoms with Crippen molar-refractivity contribution in [3.05, 3.63) is 55.9 Å². The van der Waals surface area contributed by atoms with Gasteiger partial charge in [-0.3, -0.25) is 4.79 Å². The van der Waals surface area contributed by atoms with Gasteiger partial charge in [-0.1, -0.05) is 36.9 Å². The molecule has 5 nitrogen and oxygen atoms in total. The van der Waals surface area contributed by atoms with E-state index in [1.165, 1.54) is 24.1 Å². The van der Waals surface area contributed by atoms with Gasteiger partial charge in [-0.15, -0.1) is 11.3 Å². The Morgan fingerprint density at radius 2 is 2.16 bits per heavy atom. The number of pyridine rings is 1. The molecule has 3 aromatic heterocycles. The smallest absolute Gasteiger partial charge is 0.266 e. The number of H-pyrrole nitrogens is 1. The van der Waals surface area contributed by atoms with Crippen LogP contribution in [0.3, 0.4) is 0 Å². The first-order valence-electron chi connectivity index (χ1n) is 8.57. The van der Waals surface area contributed by atoms with Crippen molar-refractivity contribution in [1.29, 1.82) is 0 Å². The maximum atomic E-state index is 11.6. The van der Waals surface area contributed by atoms with Crippen LogP contribution in [0.2, 0.25) is 5.02 Å². The first kappa shape index (κ1) is 16.5. The fourth-order valence-corrected chi connectivity index (χ4v) is 4.25. The van der Waals surface area contributed by atoms with E-state index in [0.29, 0.717) is 6.04 Å². The van der Waals surface area contributed by atoms with Gasteiger partial charge in [0, 0.05) is 23.1 Å². The summed E-state index contributed by atoms with van der Waals surface area (Å²) in [4.78, 5) is 20.3. The molecular weight excluding hydrogens is 356 g/mol. The van der Waals surface area contributed by atoms with Crippen LogP contribution >= 0.6 is 22.9 Å². The van der Waals surface area contributed by atoms with Crippen molar-refractivity contribution < 1.29 is 0 Å². The molecule has 0 amide bonds. The molecule has 0 radical (unpaired) electrons. The van der Waals surface area contributed by atoms with Crippen molar-refractivity contribution in [2.45, 2.75) is 44.6 Å². The quantitative estimate of drug-likeness (QED) is 0.734. The first-order chi connectivity index (χ1) is 12.2. The molecule has 25 heavy (non-hydrogen) atoms. The summed E-state index contributed by atoms with van der Waals surface area (Å²) in [6, 6.07) is 6.18. The van der Waals surface area contributed by atoms with Crippen molar-refractivity contribution in [2.24, 2.45) is 0 Å². The van der Waals surface area contributed by atoms with Crippen LogP contribution < -0.4 is 5.56 Å². The summed E-state index contributed by atoms with van der Waals surface area (Å²) in [5, 5.41) is 7.06. The Morgan fingerprint density at radius 1 is 1.32 bits per heavy atom. The number of nitrogens with zero attached hydrogens (tertiary/aromatic N) is 3. The summed E-state index contributed by atoms with van der Waals surface area (Å²) < 4.78 is 2.05. The second-order valence-electron chi connectivity index (χ2n) is 6.41. The molecule has 1 saturated carbocycles. The van der Waals surface area contributed by atoms with E-state index in [-0.39, 0.29) is 10.6 Å². The van der Waals surface area contributed by atoms with E-state index >= 15 is 0 Å². The lowest BCUT2D eigenvalue weighted by atomic mass is 9.95. The van der Waals surface area contributed by atoms with Gasteiger partial charge in [0.2, 0.25) is 0 Å². The van der Waals surface area contributed by atoms with Crippen molar-refractivity contribution in [3.8, 4) is 11.4 Å².